The van der Waals surface area contributed by atoms with Crippen molar-refractivity contribution in [2.45, 2.75) is 58.4 Å². The number of carbonyl (C=O) groups excluding carboxylic acids is 1. The van der Waals surface area contributed by atoms with Gasteiger partial charge in [-0.25, -0.2) is 4.98 Å². The van der Waals surface area contributed by atoms with Gasteiger partial charge >= 0.3 is 0 Å². The van der Waals surface area contributed by atoms with Crippen LogP contribution in [-0.2, 0) is 10.2 Å². The minimum absolute atomic E-state index is 0. The van der Waals surface area contributed by atoms with Gasteiger partial charge in [0.25, 0.3) is 0 Å². The third-order valence-electron chi connectivity index (χ3n) is 5.13. The summed E-state index contributed by atoms with van der Waals surface area (Å²) in [7, 11) is 0. The maximum absolute atomic E-state index is 12.5. The van der Waals surface area contributed by atoms with Gasteiger partial charge in [0.1, 0.15) is 5.01 Å². The lowest BCUT2D eigenvalue weighted by Crippen LogP contribution is -2.34. The van der Waals surface area contributed by atoms with Crippen molar-refractivity contribution in [3.8, 4) is 0 Å². The smallest absolute Gasteiger partial charge is 0.224 e. The molecule has 1 aromatic heterocycles. The molecule has 2 N–H and O–H groups in total. The van der Waals surface area contributed by atoms with E-state index in [0.717, 1.165) is 43.1 Å². The molecule has 24 heavy (non-hydrogen) atoms. The Balaban J connectivity index is 0.00000144. The van der Waals surface area contributed by atoms with E-state index in [1.54, 1.807) is 11.3 Å². The van der Waals surface area contributed by atoms with Crippen LogP contribution in [0.15, 0.2) is 5.38 Å². The van der Waals surface area contributed by atoms with Gasteiger partial charge in [-0.1, -0.05) is 20.8 Å². The van der Waals surface area contributed by atoms with Crippen LogP contribution in [0.5, 0.6) is 0 Å². The van der Waals surface area contributed by atoms with E-state index in [1.807, 2.05) is 6.92 Å². The summed E-state index contributed by atoms with van der Waals surface area (Å²) in [5, 5.41) is 9.69. The Kier molecular flexibility index (Phi) is 7.13. The summed E-state index contributed by atoms with van der Waals surface area (Å²) in [4.78, 5) is 17.2. The van der Waals surface area contributed by atoms with Gasteiger partial charge < -0.3 is 10.6 Å². The van der Waals surface area contributed by atoms with Crippen LogP contribution < -0.4 is 10.6 Å². The first-order chi connectivity index (χ1) is 10.3. The third-order valence-corrected chi connectivity index (χ3v) is 6.15. The second-order valence-electron chi connectivity index (χ2n) is 7.92. The molecule has 3 rings (SSSR count). The molecule has 0 bridgehead atoms. The molecule has 138 valence electrons. The summed E-state index contributed by atoms with van der Waals surface area (Å²) in [5.74, 6) is 0.445. The van der Waals surface area contributed by atoms with Crippen molar-refractivity contribution in [1.82, 2.24) is 15.6 Å². The molecule has 1 spiro atoms. The van der Waals surface area contributed by atoms with E-state index < -0.39 is 0 Å². The van der Waals surface area contributed by atoms with Gasteiger partial charge in [-0.3, -0.25) is 4.79 Å². The summed E-state index contributed by atoms with van der Waals surface area (Å²) in [6, 6.07) is 0.00738. The number of halogens is 2. The van der Waals surface area contributed by atoms with E-state index in [1.165, 1.54) is 0 Å². The van der Waals surface area contributed by atoms with Crippen molar-refractivity contribution in [3.63, 3.8) is 0 Å². The van der Waals surface area contributed by atoms with Gasteiger partial charge in [0.15, 0.2) is 0 Å². The fourth-order valence-electron chi connectivity index (χ4n) is 3.40. The zero-order valence-corrected chi connectivity index (χ0v) is 17.3. The topological polar surface area (TPSA) is 54.0 Å². The zero-order valence-electron chi connectivity index (χ0n) is 14.8. The Morgan fingerprint density at radius 1 is 1.38 bits per heavy atom. The Morgan fingerprint density at radius 3 is 2.54 bits per heavy atom. The van der Waals surface area contributed by atoms with Crippen molar-refractivity contribution in [3.05, 3.63) is 16.1 Å². The number of hydrogen-bond donors (Lipinski definition) is 2. The van der Waals surface area contributed by atoms with Crippen molar-refractivity contribution in [1.29, 1.82) is 0 Å². The van der Waals surface area contributed by atoms with Gasteiger partial charge in [-0.2, -0.15) is 0 Å². The molecule has 0 radical (unpaired) electrons. The number of amides is 1. The Morgan fingerprint density at radius 2 is 2.00 bits per heavy atom. The average Bonchev–Trinajstić information content (AvgIpc) is 2.92. The molecule has 2 unspecified atom stereocenters. The molecule has 1 aromatic rings. The number of thiazole rings is 1. The van der Waals surface area contributed by atoms with Crippen LogP contribution in [0.2, 0.25) is 0 Å². The molecule has 1 aliphatic heterocycles. The maximum atomic E-state index is 12.5. The highest BCUT2D eigenvalue weighted by Crippen LogP contribution is 2.58. The molecular formula is C17H29Cl2N3OS. The maximum Gasteiger partial charge on any atom is 0.224 e. The molecule has 2 aliphatic rings. The Labute approximate surface area is 161 Å². The van der Waals surface area contributed by atoms with Crippen molar-refractivity contribution < 1.29 is 4.79 Å². The van der Waals surface area contributed by atoms with Crippen LogP contribution in [-0.4, -0.2) is 24.0 Å². The molecule has 4 nitrogen and oxygen atoms in total. The van der Waals surface area contributed by atoms with Gasteiger partial charge in [-0.15, -0.1) is 36.2 Å². The fourth-order valence-corrected chi connectivity index (χ4v) is 4.46. The minimum Gasteiger partial charge on any atom is -0.347 e. The molecule has 2 fully saturated rings. The lowest BCUT2D eigenvalue weighted by molar-refractivity contribution is -0.123. The average molecular weight is 394 g/mol. The predicted octanol–water partition coefficient (Wildman–Crippen LogP) is 3.85. The van der Waals surface area contributed by atoms with E-state index in [-0.39, 0.29) is 48.1 Å². The zero-order chi connectivity index (χ0) is 16.0. The second-order valence-corrected chi connectivity index (χ2v) is 8.81. The largest absolute Gasteiger partial charge is 0.347 e. The van der Waals surface area contributed by atoms with Crippen molar-refractivity contribution in [2.75, 3.05) is 13.1 Å². The van der Waals surface area contributed by atoms with Crippen LogP contribution in [0.4, 0.5) is 0 Å². The number of nitrogens with zero attached hydrogens (tertiary/aromatic N) is 1. The summed E-state index contributed by atoms with van der Waals surface area (Å²) >= 11 is 1.65. The molecule has 2 heterocycles. The molecule has 7 heteroatoms. The van der Waals surface area contributed by atoms with Gasteiger partial charge in [0.2, 0.25) is 5.91 Å². The van der Waals surface area contributed by atoms with Crippen LogP contribution >= 0.6 is 36.2 Å². The molecular weight excluding hydrogens is 365 g/mol. The second kappa shape index (κ2) is 7.90. The highest BCUT2D eigenvalue weighted by molar-refractivity contribution is 7.09. The first kappa shape index (κ1) is 21.7. The lowest BCUT2D eigenvalue weighted by atomic mass is 9.91. The summed E-state index contributed by atoms with van der Waals surface area (Å²) in [6.07, 6.45) is 3.36. The predicted molar refractivity (Wildman–Crippen MR) is 105 cm³/mol. The van der Waals surface area contributed by atoms with Crippen molar-refractivity contribution in [2.24, 2.45) is 11.3 Å². The molecule has 2 atom stereocenters. The van der Waals surface area contributed by atoms with Crippen LogP contribution in [0, 0.1) is 11.3 Å². The van der Waals surface area contributed by atoms with Gasteiger partial charge in [0.05, 0.1) is 11.7 Å². The van der Waals surface area contributed by atoms with Crippen molar-refractivity contribution >= 4 is 42.1 Å². The summed E-state index contributed by atoms with van der Waals surface area (Å²) in [6.45, 7) is 10.7. The first-order valence-corrected chi connectivity index (χ1v) is 9.17. The first-order valence-electron chi connectivity index (χ1n) is 8.29. The van der Waals surface area contributed by atoms with E-state index in [0.29, 0.717) is 5.41 Å². The van der Waals surface area contributed by atoms with E-state index in [9.17, 15) is 4.79 Å². The lowest BCUT2D eigenvalue weighted by Gasteiger charge is -2.23. The summed E-state index contributed by atoms with van der Waals surface area (Å²) < 4.78 is 0. The highest BCUT2D eigenvalue weighted by atomic mass is 35.5. The number of hydrogen-bond acceptors (Lipinski definition) is 4. The third kappa shape index (κ3) is 4.43. The number of carbonyl (C=O) groups is 1. The van der Waals surface area contributed by atoms with Crippen LogP contribution in [0.3, 0.4) is 0 Å². The number of rotatable bonds is 3. The van der Waals surface area contributed by atoms with E-state index in [2.05, 4.69) is 36.8 Å². The van der Waals surface area contributed by atoms with Gasteiger partial charge in [-0.05, 0) is 44.7 Å². The number of nitrogens with one attached hydrogen (secondary N) is 2. The molecule has 1 aliphatic carbocycles. The molecule has 1 saturated heterocycles. The normalized spacial score (nSPS) is 22.9. The monoisotopic (exact) mass is 393 g/mol. The molecule has 1 saturated carbocycles. The van der Waals surface area contributed by atoms with Crippen LogP contribution in [0.25, 0.3) is 0 Å². The SMILES string of the molecule is CC(NC(=O)C1CC12CCNCC2)c1nc(C(C)(C)C)cs1.Cl.Cl. The van der Waals surface area contributed by atoms with E-state index >= 15 is 0 Å². The van der Waals surface area contributed by atoms with Crippen LogP contribution in [0.1, 0.15) is 63.7 Å². The minimum atomic E-state index is 0. The Bertz CT molecular complexity index is 564. The van der Waals surface area contributed by atoms with Gasteiger partial charge in [0, 0.05) is 16.7 Å². The number of aromatic nitrogens is 1. The fraction of sp³-hybridized carbons (Fsp3) is 0.765. The summed E-state index contributed by atoms with van der Waals surface area (Å²) in [5.41, 5.74) is 1.47. The quantitative estimate of drug-likeness (QED) is 0.819. The standard InChI is InChI=1S/C17H27N3OS.2ClH/c1-11(15-20-13(10-22-15)16(2,3)4)19-14(21)12-9-17(12)5-7-18-8-6-17;;/h10-12,18H,5-9H2,1-4H3,(H,19,21);2*1H. The number of piperidine rings is 1. The van der Waals surface area contributed by atoms with E-state index in [4.69, 9.17) is 4.98 Å². The Hall–Kier alpha value is -0.360. The molecule has 1 amide bonds. The highest BCUT2D eigenvalue weighted by Gasteiger charge is 2.57. The molecule has 0 aromatic carbocycles.